The van der Waals surface area contributed by atoms with Gasteiger partial charge in [-0.1, -0.05) is 60.7 Å². The summed E-state index contributed by atoms with van der Waals surface area (Å²) >= 11 is 0. The van der Waals surface area contributed by atoms with Gasteiger partial charge in [0.2, 0.25) is 0 Å². The highest BCUT2D eigenvalue weighted by Gasteiger charge is 2.48. The molecule has 0 bridgehead atoms. The van der Waals surface area contributed by atoms with Crippen molar-refractivity contribution in [1.29, 1.82) is 0 Å². The lowest BCUT2D eigenvalue weighted by molar-refractivity contribution is -0.131. The van der Waals surface area contributed by atoms with Crippen LogP contribution in [0, 0.1) is 0 Å². The number of urea groups is 1. The first kappa shape index (κ1) is 18.1. The lowest BCUT2D eigenvalue weighted by Crippen LogP contribution is -2.40. The molecule has 1 saturated heterocycles. The first-order valence-corrected chi connectivity index (χ1v) is 9.61. The zero-order valence-corrected chi connectivity index (χ0v) is 16.2. The van der Waals surface area contributed by atoms with E-state index in [1.165, 1.54) is 6.07 Å². The standard InChI is InChI=1S/C24H18N2O4/c1-24(17-8-3-2-4-9-17)22(28)26(23(29)25-24)14-16-13-20(27)30-19-12-11-15-7-5-6-10-18(15)21(16)19/h2-13H,14H2,1H3,(H,25,29)/t24-/m0/s1. The number of fused-ring (bicyclic) bond motifs is 3. The lowest BCUT2D eigenvalue weighted by Gasteiger charge is -2.22. The summed E-state index contributed by atoms with van der Waals surface area (Å²) in [5, 5.41) is 5.40. The number of carbonyl (C=O) groups excluding carboxylic acids is 2. The number of hydrogen-bond donors (Lipinski definition) is 1. The van der Waals surface area contributed by atoms with Crippen LogP contribution in [-0.2, 0) is 16.9 Å². The van der Waals surface area contributed by atoms with Crippen LogP contribution in [0.25, 0.3) is 21.7 Å². The van der Waals surface area contributed by atoms with E-state index in [1.807, 2.05) is 60.7 Å². The molecular weight excluding hydrogens is 380 g/mol. The molecule has 2 heterocycles. The Morgan fingerprint density at radius 2 is 1.67 bits per heavy atom. The number of nitrogens with zero attached hydrogens (tertiary/aromatic N) is 1. The maximum Gasteiger partial charge on any atom is 0.336 e. The minimum absolute atomic E-state index is 0.0246. The monoisotopic (exact) mass is 398 g/mol. The molecule has 1 aliphatic heterocycles. The van der Waals surface area contributed by atoms with Gasteiger partial charge in [-0.3, -0.25) is 9.69 Å². The number of amides is 3. The third kappa shape index (κ3) is 2.69. The smallest absolute Gasteiger partial charge is 0.336 e. The van der Waals surface area contributed by atoms with Crippen molar-refractivity contribution in [2.75, 3.05) is 0 Å². The summed E-state index contributed by atoms with van der Waals surface area (Å²) < 4.78 is 5.38. The molecule has 0 unspecified atom stereocenters. The molecule has 1 aromatic heterocycles. The van der Waals surface area contributed by atoms with E-state index in [2.05, 4.69) is 5.32 Å². The Balaban J connectivity index is 1.63. The zero-order chi connectivity index (χ0) is 20.9. The number of hydrogen-bond acceptors (Lipinski definition) is 4. The quantitative estimate of drug-likeness (QED) is 0.322. The van der Waals surface area contributed by atoms with Crippen LogP contribution in [0.1, 0.15) is 18.1 Å². The average Bonchev–Trinajstić information content (AvgIpc) is 2.98. The lowest BCUT2D eigenvalue weighted by atomic mass is 9.92. The summed E-state index contributed by atoms with van der Waals surface area (Å²) in [6, 6.07) is 21.3. The van der Waals surface area contributed by atoms with Crippen LogP contribution in [0.5, 0.6) is 0 Å². The summed E-state index contributed by atoms with van der Waals surface area (Å²) in [7, 11) is 0. The molecule has 0 radical (unpaired) electrons. The fourth-order valence-corrected chi connectivity index (χ4v) is 4.12. The van der Waals surface area contributed by atoms with E-state index in [1.54, 1.807) is 13.0 Å². The first-order chi connectivity index (χ1) is 14.5. The Morgan fingerprint density at radius 3 is 2.47 bits per heavy atom. The van der Waals surface area contributed by atoms with E-state index >= 15 is 0 Å². The number of benzene rings is 3. The van der Waals surface area contributed by atoms with Crippen molar-refractivity contribution in [2.24, 2.45) is 0 Å². The van der Waals surface area contributed by atoms with Crippen molar-refractivity contribution < 1.29 is 14.0 Å². The molecule has 1 N–H and O–H groups in total. The molecule has 6 heteroatoms. The summed E-state index contributed by atoms with van der Waals surface area (Å²) in [6.45, 7) is 1.67. The van der Waals surface area contributed by atoms with E-state index in [0.717, 1.165) is 21.1 Å². The molecular formula is C24H18N2O4. The molecule has 3 aromatic carbocycles. The van der Waals surface area contributed by atoms with Crippen LogP contribution in [-0.4, -0.2) is 16.8 Å². The highest BCUT2D eigenvalue weighted by atomic mass is 16.4. The van der Waals surface area contributed by atoms with Gasteiger partial charge in [-0.2, -0.15) is 0 Å². The Bertz CT molecular complexity index is 1380. The average molecular weight is 398 g/mol. The predicted molar refractivity (Wildman–Crippen MR) is 113 cm³/mol. The van der Waals surface area contributed by atoms with Gasteiger partial charge in [0.05, 0.1) is 6.54 Å². The fourth-order valence-electron chi connectivity index (χ4n) is 4.12. The number of imide groups is 1. The molecule has 5 rings (SSSR count). The van der Waals surface area contributed by atoms with E-state index in [9.17, 15) is 14.4 Å². The number of carbonyl (C=O) groups is 2. The van der Waals surface area contributed by atoms with Gasteiger partial charge >= 0.3 is 11.7 Å². The minimum Gasteiger partial charge on any atom is -0.423 e. The molecule has 3 amide bonds. The van der Waals surface area contributed by atoms with Crippen LogP contribution < -0.4 is 10.9 Å². The topological polar surface area (TPSA) is 79.6 Å². The second-order valence-corrected chi connectivity index (χ2v) is 7.56. The third-order valence-electron chi connectivity index (χ3n) is 5.67. The molecule has 1 fully saturated rings. The van der Waals surface area contributed by atoms with Crippen LogP contribution >= 0.6 is 0 Å². The van der Waals surface area contributed by atoms with Crippen molar-refractivity contribution >= 4 is 33.7 Å². The third-order valence-corrected chi connectivity index (χ3v) is 5.67. The van der Waals surface area contributed by atoms with Crippen molar-refractivity contribution in [1.82, 2.24) is 10.2 Å². The van der Waals surface area contributed by atoms with E-state index in [-0.39, 0.29) is 12.5 Å². The highest BCUT2D eigenvalue weighted by molar-refractivity contribution is 6.09. The fraction of sp³-hybridized carbons (Fsp3) is 0.125. The summed E-state index contributed by atoms with van der Waals surface area (Å²) in [6.07, 6.45) is 0. The Hall–Kier alpha value is -3.93. The number of rotatable bonds is 3. The van der Waals surface area contributed by atoms with Crippen LogP contribution in [0.3, 0.4) is 0 Å². The zero-order valence-electron chi connectivity index (χ0n) is 16.2. The molecule has 1 atom stereocenters. The Kier molecular flexibility index (Phi) is 3.96. The minimum atomic E-state index is -1.16. The van der Waals surface area contributed by atoms with Gasteiger partial charge in [-0.15, -0.1) is 0 Å². The second-order valence-electron chi connectivity index (χ2n) is 7.56. The SMILES string of the molecule is C[C@@]1(c2ccccc2)NC(=O)N(Cc2cc(=O)oc3ccc4ccccc4c23)C1=O. The second kappa shape index (κ2) is 6.56. The van der Waals surface area contributed by atoms with E-state index in [0.29, 0.717) is 16.7 Å². The van der Waals surface area contributed by atoms with Crippen molar-refractivity contribution in [3.05, 3.63) is 94.3 Å². The molecule has 4 aromatic rings. The van der Waals surface area contributed by atoms with Crippen LogP contribution in [0.2, 0.25) is 0 Å². The van der Waals surface area contributed by atoms with Crippen molar-refractivity contribution in [3.8, 4) is 0 Å². The molecule has 0 aliphatic carbocycles. The number of nitrogens with one attached hydrogen (secondary N) is 1. The van der Waals surface area contributed by atoms with Crippen molar-refractivity contribution in [2.45, 2.75) is 19.0 Å². The van der Waals surface area contributed by atoms with Gasteiger partial charge in [0, 0.05) is 11.5 Å². The summed E-state index contributed by atoms with van der Waals surface area (Å²) in [4.78, 5) is 39.3. The Morgan fingerprint density at radius 1 is 0.933 bits per heavy atom. The van der Waals surface area contributed by atoms with Gasteiger partial charge in [-0.05, 0) is 34.9 Å². The van der Waals surface area contributed by atoms with Gasteiger partial charge in [0.25, 0.3) is 5.91 Å². The normalized spacial score (nSPS) is 18.9. The highest BCUT2D eigenvalue weighted by Crippen LogP contribution is 2.32. The van der Waals surface area contributed by atoms with Crippen LogP contribution in [0.4, 0.5) is 4.79 Å². The molecule has 1 aliphatic rings. The summed E-state index contributed by atoms with van der Waals surface area (Å²) in [5.74, 6) is -0.361. The maximum atomic E-state index is 13.3. The molecule has 148 valence electrons. The Labute approximate surface area is 171 Å². The molecule has 0 spiro atoms. The maximum absolute atomic E-state index is 13.3. The molecule has 30 heavy (non-hydrogen) atoms. The van der Waals surface area contributed by atoms with E-state index < -0.39 is 17.2 Å². The first-order valence-electron chi connectivity index (χ1n) is 9.61. The van der Waals surface area contributed by atoms with Gasteiger partial charge in [0.15, 0.2) is 0 Å². The van der Waals surface area contributed by atoms with Gasteiger partial charge in [-0.25, -0.2) is 9.59 Å². The van der Waals surface area contributed by atoms with E-state index in [4.69, 9.17) is 4.42 Å². The van der Waals surface area contributed by atoms with Gasteiger partial charge < -0.3 is 9.73 Å². The summed E-state index contributed by atoms with van der Waals surface area (Å²) in [5.41, 5.74) is 0.0164. The predicted octanol–water partition coefficient (Wildman–Crippen LogP) is 3.91. The largest absolute Gasteiger partial charge is 0.423 e. The molecule has 0 saturated carbocycles. The van der Waals surface area contributed by atoms with Crippen LogP contribution in [0.15, 0.2) is 82.0 Å². The van der Waals surface area contributed by atoms with Gasteiger partial charge in [0.1, 0.15) is 11.1 Å². The molecule has 6 nitrogen and oxygen atoms in total. The van der Waals surface area contributed by atoms with Crippen molar-refractivity contribution in [3.63, 3.8) is 0 Å².